The Morgan fingerprint density at radius 2 is 2.11 bits per heavy atom. The maximum absolute atomic E-state index is 12.6. The summed E-state index contributed by atoms with van der Waals surface area (Å²) in [5.41, 5.74) is 5.32. The molecule has 1 heterocycles. The molecule has 3 N–H and O–H groups in total. The van der Waals surface area contributed by atoms with E-state index in [1.165, 1.54) is 4.90 Å². The van der Waals surface area contributed by atoms with Crippen LogP contribution in [0.15, 0.2) is 0 Å². The van der Waals surface area contributed by atoms with E-state index in [0.717, 1.165) is 12.8 Å². The predicted molar refractivity (Wildman–Crippen MR) is 68.9 cm³/mol. The first-order chi connectivity index (χ1) is 8.83. The fraction of sp³-hybridized carbons (Fsp3) is 0.769. The Bertz CT molecular complexity index is 423. The number of hydrogen-bond acceptors (Lipinski definition) is 4. The first-order valence-electron chi connectivity index (χ1n) is 6.77. The molecule has 2 rings (SSSR count). The number of hydrogen-bond donors (Lipinski definition) is 2. The molecule has 0 bridgehead atoms. The molecule has 1 saturated carbocycles. The summed E-state index contributed by atoms with van der Waals surface area (Å²) in [4.78, 5) is 36.9. The lowest BCUT2D eigenvalue weighted by Gasteiger charge is -2.41. The second kappa shape index (κ2) is 4.92. The lowest BCUT2D eigenvalue weighted by atomic mass is 9.76. The lowest BCUT2D eigenvalue weighted by Crippen LogP contribution is -2.65. The number of rotatable bonds is 1. The van der Waals surface area contributed by atoms with E-state index in [4.69, 9.17) is 5.73 Å². The van der Waals surface area contributed by atoms with Crippen LogP contribution in [-0.2, 0) is 14.4 Å². The van der Waals surface area contributed by atoms with E-state index in [1.54, 1.807) is 6.92 Å². The number of nitrogens with two attached hydrogens (primary N) is 1. The maximum atomic E-state index is 12.6. The zero-order valence-corrected chi connectivity index (χ0v) is 11.4. The molecule has 0 aromatic rings. The number of amides is 3. The summed E-state index contributed by atoms with van der Waals surface area (Å²) < 4.78 is 0. The summed E-state index contributed by atoms with van der Waals surface area (Å²) in [6, 6.07) is -0.636. The SMILES string of the molecule is CC1CCCC(N)(C(=O)N2CC(=O)NC(=O)C2C)C1. The number of carbonyl (C=O) groups is 3. The van der Waals surface area contributed by atoms with Gasteiger partial charge in [-0.2, -0.15) is 0 Å². The maximum Gasteiger partial charge on any atom is 0.249 e. The molecule has 3 amide bonds. The van der Waals surface area contributed by atoms with Gasteiger partial charge < -0.3 is 10.6 Å². The molecule has 6 nitrogen and oxygen atoms in total. The highest BCUT2D eigenvalue weighted by molar-refractivity contribution is 6.05. The lowest BCUT2D eigenvalue weighted by molar-refractivity contribution is -0.153. The summed E-state index contributed by atoms with van der Waals surface area (Å²) in [5.74, 6) is -0.747. The van der Waals surface area contributed by atoms with Crippen LogP contribution in [-0.4, -0.2) is 40.7 Å². The van der Waals surface area contributed by atoms with E-state index in [1.807, 2.05) is 0 Å². The van der Waals surface area contributed by atoms with Crippen LogP contribution < -0.4 is 11.1 Å². The van der Waals surface area contributed by atoms with Gasteiger partial charge in [0, 0.05) is 0 Å². The predicted octanol–water partition coefficient (Wildman–Crippen LogP) is -0.232. The second-order valence-corrected chi connectivity index (χ2v) is 5.88. The normalized spacial score (nSPS) is 36.1. The van der Waals surface area contributed by atoms with Crippen molar-refractivity contribution in [3.8, 4) is 0 Å². The molecule has 1 aliphatic carbocycles. The van der Waals surface area contributed by atoms with E-state index in [2.05, 4.69) is 12.2 Å². The zero-order valence-electron chi connectivity index (χ0n) is 11.4. The Hall–Kier alpha value is -1.43. The van der Waals surface area contributed by atoms with Gasteiger partial charge in [-0.1, -0.05) is 19.8 Å². The molecular weight excluding hydrogens is 246 g/mol. The van der Waals surface area contributed by atoms with Crippen LogP contribution in [0.5, 0.6) is 0 Å². The third-order valence-electron chi connectivity index (χ3n) is 4.14. The number of nitrogens with one attached hydrogen (secondary N) is 1. The molecule has 106 valence electrons. The Morgan fingerprint density at radius 1 is 1.42 bits per heavy atom. The van der Waals surface area contributed by atoms with Crippen molar-refractivity contribution in [2.24, 2.45) is 11.7 Å². The van der Waals surface area contributed by atoms with Crippen LogP contribution in [0.4, 0.5) is 0 Å². The van der Waals surface area contributed by atoms with Gasteiger partial charge in [-0.3, -0.25) is 19.7 Å². The third-order valence-corrected chi connectivity index (χ3v) is 4.14. The molecular formula is C13H21N3O3. The topological polar surface area (TPSA) is 92.5 Å². The number of piperazine rings is 1. The second-order valence-electron chi connectivity index (χ2n) is 5.88. The van der Waals surface area contributed by atoms with Gasteiger partial charge in [-0.15, -0.1) is 0 Å². The van der Waals surface area contributed by atoms with Crippen LogP contribution in [0.3, 0.4) is 0 Å². The van der Waals surface area contributed by atoms with Gasteiger partial charge in [-0.05, 0) is 25.7 Å². The minimum absolute atomic E-state index is 0.0843. The zero-order chi connectivity index (χ0) is 14.2. The number of imide groups is 1. The minimum atomic E-state index is -0.927. The molecule has 19 heavy (non-hydrogen) atoms. The standard InChI is InChI=1S/C13H21N3O3/c1-8-4-3-5-13(14,6-8)12(19)16-7-10(17)15-11(18)9(16)2/h8-9H,3-7,14H2,1-2H3,(H,15,17,18). The molecule has 0 aromatic heterocycles. The Balaban J connectivity index is 2.17. The highest BCUT2D eigenvalue weighted by Gasteiger charge is 2.44. The number of carbonyl (C=O) groups excluding carboxylic acids is 3. The Morgan fingerprint density at radius 3 is 2.74 bits per heavy atom. The van der Waals surface area contributed by atoms with E-state index < -0.39 is 23.4 Å². The van der Waals surface area contributed by atoms with Gasteiger partial charge in [0.25, 0.3) is 0 Å². The summed E-state index contributed by atoms with van der Waals surface area (Å²) in [6.45, 7) is 3.61. The molecule has 1 aliphatic heterocycles. The molecule has 3 atom stereocenters. The Kier molecular flexibility index (Phi) is 3.62. The summed E-state index contributed by atoms with van der Waals surface area (Å²) in [7, 11) is 0. The smallest absolute Gasteiger partial charge is 0.249 e. The van der Waals surface area contributed by atoms with Crippen molar-refractivity contribution >= 4 is 17.7 Å². The Labute approximate surface area is 112 Å². The highest BCUT2D eigenvalue weighted by Crippen LogP contribution is 2.32. The van der Waals surface area contributed by atoms with Gasteiger partial charge in [0.05, 0.1) is 5.54 Å². The average Bonchev–Trinajstić information content (AvgIpc) is 2.32. The third kappa shape index (κ3) is 2.63. The van der Waals surface area contributed by atoms with Gasteiger partial charge in [0.2, 0.25) is 17.7 Å². The van der Waals surface area contributed by atoms with Crippen molar-refractivity contribution in [3.63, 3.8) is 0 Å². The monoisotopic (exact) mass is 267 g/mol. The fourth-order valence-electron chi connectivity index (χ4n) is 3.03. The van der Waals surface area contributed by atoms with Crippen LogP contribution >= 0.6 is 0 Å². The quantitative estimate of drug-likeness (QED) is 0.642. The fourth-order valence-corrected chi connectivity index (χ4v) is 3.03. The van der Waals surface area contributed by atoms with E-state index in [9.17, 15) is 14.4 Å². The van der Waals surface area contributed by atoms with Crippen LogP contribution in [0, 0.1) is 5.92 Å². The summed E-state index contributed by atoms with van der Waals surface area (Å²) in [6.07, 6.45) is 3.22. The molecule has 0 spiro atoms. The first-order valence-corrected chi connectivity index (χ1v) is 6.77. The van der Waals surface area contributed by atoms with Crippen molar-refractivity contribution in [1.29, 1.82) is 0 Å². The molecule has 2 aliphatic rings. The molecule has 1 saturated heterocycles. The van der Waals surface area contributed by atoms with Crippen molar-refractivity contribution < 1.29 is 14.4 Å². The molecule has 6 heteroatoms. The van der Waals surface area contributed by atoms with Crippen molar-refractivity contribution in [1.82, 2.24) is 10.2 Å². The van der Waals surface area contributed by atoms with Crippen LogP contribution in [0.25, 0.3) is 0 Å². The number of nitrogens with zero attached hydrogens (tertiary/aromatic N) is 1. The molecule has 3 unspecified atom stereocenters. The molecule has 0 aromatic carbocycles. The minimum Gasteiger partial charge on any atom is -0.320 e. The van der Waals surface area contributed by atoms with Crippen molar-refractivity contribution in [3.05, 3.63) is 0 Å². The van der Waals surface area contributed by atoms with Gasteiger partial charge in [0.1, 0.15) is 12.6 Å². The van der Waals surface area contributed by atoms with Crippen LogP contribution in [0.1, 0.15) is 39.5 Å². The first kappa shape index (κ1) is 14.0. The van der Waals surface area contributed by atoms with Crippen molar-refractivity contribution in [2.45, 2.75) is 51.1 Å². The van der Waals surface area contributed by atoms with E-state index in [0.29, 0.717) is 18.8 Å². The van der Waals surface area contributed by atoms with Gasteiger partial charge in [0.15, 0.2) is 0 Å². The highest BCUT2D eigenvalue weighted by atomic mass is 16.2. The van der Waals surface area contributed by atoms with E-state index in [-0.39, 0.29) is 12.5 Å². The molecule has 2 fully saturated rings. The summed E-state index contributed by atoms with van der Waals surface area (Å²) in [5, 5.41) is 2.23. The largest absolute Gasteiger partial charge is 0.320 e. The van der Waals surface area contributed by atoms with Gasteiger partial charge >= 0.3 is 0 Å². The average molecular weight is 267 g/mol. The van der Waals surface area contributed by atoms with Crippen LogP contribution in [0.2, 0.25) is 0 Å². The molecule has 0 radical (unpaired) electrons. The summed E-state index contributed by atoms with van der Waals surface area (Å²) >= 11 is 0. The van der Waals surface area contributed by atoms with Crippen molar-refractivity contribution in [2.75, 3.05) is 6.54 Å². The van der Waals surface area contributed by atoms with Gasteiger partial charge in [-0.25, -0.2) is 0 Å². The van der Waals surface area contributed by atoms with E-state index >= 15 is 0 Å².